The Kier molecular flexibility index (Phi) is 4.00. The molecule has 2 aliphatic rings. The third-order valence-electron chi connectivity index (χ3n) is 4.80. The minimum absolute atomic E-state index is 0.0317. The smallest absolute Gasteiger partial charge is 0.222 e. The standard InChI is InChI=1S/C16H18ClN3O2/c17-15-19-9-6-11(20-15)13(22)10-4-3-8-16(14(10)18)7-2-1-5-12(16)21/h6,9H,1-5,7-8,18H2/t16-/m1/s1. The van der Waals surface area contributed by atoms with Crippen LogP contribution in [0.25, 0.3) is 0 Å². The minimum Gasteiger partial charge on any atom is -0.401 e. The zero-order valence-corrected chi connectivity index (χ0v) is 13.0. The molecule has 1 heterocycles. The molecule has 0 bridgehead atoms. The molecule has 2 aliphatic carbocycles. The van der Waals surface area contributed by atoms with E-state index >= 15 is 0 Å². The minimum atomic E-state index is -0.627. The highest BCUT2D eigenvalue weighted by molar-refractivity contribution is 6.28. The predicted octanol–water partition coefficient (Wildman–Crippen LogP) is 2.84. The van der Waals surface area contributed by atoms with Crippen LogP contribution in [0.15, 0.2) is 23.5 Å². The van der Waals surface area contributed by atoms with Crippen LogP contribution in [0.5, 0.6) is 0 Å². The summed E-state index contributed by atoms with van der Waals surface area (Å²) in [6.07, 6.45) is 6.78. The number of aromatic nitrogens is 2. The summed E-state index contributed by atoms with van der Waals surface area (Å²) in [5, 5.41) is 0.0317. The van der Waals surface area contributed by atoms with Crippen LogP contribution in [0.3, 0.4) is 0 Å². The molecule has 0 aliphatic heterocycles. The molecule has 1 aromatic rings. The van der Waals surface area contributed by atoms with E-state index in [0.717, 1.165) is 32.1 Å². The molecule has 1 spiro atoms. The first kappa shape index (κ1) is 15.2. The number of halogens is 1. The van der Waals surface area contributed by atoms with Gasteiger partial charge in [-0.05, 0) is 49.8 Å². The van der Waals surface area contributed by atoms with Crippen LogP contribution in [0.1, 0.15) is 55.4 Å². The van der Waals surface area contributed by atoms with Gasteiger partial charge in [-0.1, -0.05) is 6.42 Å². The van der Waals surface area contributed by atoms with Gasteiger partial charge in [-0.2, -0.15) is 0 Å². The van der Waals surface area contributed by atoms with Crippen LogP contribution in [-0.2, 0) is 4.79 Å². The Hall–Kier alpha value is -1.75. The fourth-order valence-electron chi connectivity index (χ4n) is 3.62. The number of hydrogen-bond acceptors (Lipinski definition) is 5. The number of carbonyl (C=O) groups is 2. The SMILES string of the molecule is NC1=C(C(=O)c2ccnc(Cl)n2)CCC[C@@]12CCCCC2=O. The quantitative estimate of drug-likeness (QED) is 0.669. The molecule has 1 fully saturated rings. The summed E-state index contributed by atoms with van der Waals surface area (Å²) in [6.45, 7) is 0. The predicted molar refractivity (Wildman–Crippen MR) is 82.3 cm³/mol. The van der Waals surface area contributed by atoms with Gasteiger partial charge in [0.15, 0.2) is 0 Å². The molecular weight excluding hydrogens is 302 g/mol. The van der Waals surface area contributed by atoms with E-state index in [4.69, 9.17) is 17.3 Å². The van der Waals surface area contributed by atoms with E-state index in [-0.39, 0.29) is 22.5 Å². The Morgan fingerprint density at radius 2 is 2.00 bits per heavy atom. The van der Waals surface area contributed by atoms with Gasteiger partial charge in [0.05, 0.1) is 5.41 Å². The number of nitrogens with two attached hydrogens (primary N) is 1. The molecule has 22 heavy (non-hydrogen) atoms. The lowest BCUT2D eigenvalue weighted by atomic mass is 9.64. The van der Waals surface area contributed by atoms with Gasteiger partial charge in [0.25, 0.3) is 0 Å². The number of rotatable bonds is 2. The molecule has 0 radical (unpaired) electrons. The molecular formula is C16H18ClN3O2. The fraction of sp³-hybridized carbons (Fsp3) is 0.500. The maximum absolute atomic E-state index is 12.7. The Labute approximate surface area is 134 Å². The van der Waals surface area contributed by atoms with E-state index < -0.39 is 5.41 Å². The lowest BCUT2D eigenvalue weighted by Gasteiger charge is -2.40. The lowest BCUT2D eigenvalue weighted by Crippen LogP contribution is -2.42. The van der Waals surface area contributed by atoms with Crippen LogP contribution in [0.2, 0.25) is 5.28 Å². The van der Waals surface area contributed by atoms with Crippen molar-refractivity contribution in [2.45, 2.75) is 44.9 Å². The van der Waals surface area contributed by atoms with Crippen LogP contribution in [0.4, 0.5) is 0 Å². The maximum atomic E-state index is 12.7. The Morgan fingerprint density at radius 1 is 1.23 bits per heavy atom. The van der Waals surface area contributed by atoms with E-state index in [1.54, 1.807) is 0 Å². The first-order valence-corrected chi connectivity index (χ1v) is 7.98. The van der Waals surface area contributed by atoms with Crippen LogP contribution < -0.4 is 5.73 Å². The number of Topliss-reactive ketones (excluding diaryl/α,β-unsaturated/α-hetero) is 2. The lowest BCUT2D eigenvalue weighted by molar-refractivity contribution is -0.129. The zero-order valence-electron chi connectivity index (χ0n) is 12.3. The van der Waals surface area contributed by atoms with Crippen LogP contribution >= 0.6 is 11.6 Å². The van der Waals surface area contributed by atoms with E-state index in [1.807, 2.05) is 0 Å². The summed E-state index contributed by atoms with van der Waals surface area (Å²) in [6, 6.07) is 1.53. The van der Waals surface area contributed by atoms with Crippen molar-refractivity contribution < 1.29 is 9.59 Å². The highest BCUT2D eigenvalue weighted by Crippen LogP contribution is 2.47. The molecule has 1 saturated carbocycles. The second-order valence-electron chi connectivity index (χ2n) is 6.00. The first-order chi connectivity index (χ1) is 10.5. The largest absolute Gasteiger partial charge is 0.401 e. The third kappa shape index (κ3) is 2.43. The molecule has 0 aromatic carbocycles. The average Bonchev–Trinajstić information content (AvgIpc) is 2.52. The summed E-state index contributed by atoms with van der Waals surface area (Å²) in [7, 11) is 0. The molecule has 3 rings (SSSR count). The van der Waals surface area contributed by atoms with Gasteiger partial charge in [0, 0.05) is 23.9 Å². The van der Waals surface area contributed by atoms with Gasteiger partial charge in [-0.15, -0.1) is 0 Å². The van der Waals surface area contributed by atoms with E-state index in [2.05, 4.69) is 9.97 Å². The third-order valence-corrected chi connectivity index (χ3v) is 4.98. The van der Waals surface area contributed by atoms with Crippen molar-refractivity contribution in [2.75, 3.05) is 0 Å². The number of allylic oxidation sites excluding steroid dienone is 2. The van der Waals surface area contributed by atoms with Crippen molar-refractivity contribution in [1.29, 1.82) is 0 Å². The molecule has 2 N–H and O–H groups in total. The molecule has 1 atom stereocenters. The summed E-state index contributed by atoms with van der Waals surface area (Å²) >= 11 is 5.75. The highest BCUT2D eigenvalue weighted by Gasteiger charge is 2.45. The number of nitrogens with zero attached hydrogens (tertiary/aromatic N) is 2. The van der Waals surface area contributed by atoms with Crippen LogP contribution in [-0.4, -0.2) is 21.5 Å². The molecule has 0 saturated heterocycles. The summed E-state index contributed by atoms with van der Waals surface area (Å²) in [5.74, 6) is -0.0544. The van der Waals surface area contributed by atoms with Crippen molar-refractivity contribution in [3.8, 4) is 0 Å². The van der Waals surface area contributed by atoms with E-state index in [1.165, 1.54) is 12.3 Å². The monoisotopic (exact) mass is 319 g/mol. The zero-order chi connectivity index (χ0) is 15.7. The second kappa shape index (κ2) is 5.80. The van der Waals surface area contributed by atoms with Crippen molar-refractivity contribution in [3.05, 3.63) is 34.5 Å². The van der Waals surface area contributed by atoms with E-state index in [9.17, 15) is 9.59 Å². The van der Waals surface area contributed by atoms with Gasteiger partial charge < -0.3 is 5.73 Å². The molecule has 6 heteroatoms. The molecule has 5 nitrogen and oxygen atoms in total. The summed E-state index contributed by atoms with van der Waals surface area (Å²) in [4.78, 5) is 32.9. The number of hydrogen-bond donors (Lipinski definition) is 1. The Balaban J connectivity index is 2.01. The average molecular weight is 320 g/mol. The number of carbonyl (C=O) groups excluding carboxylic acids is 2. The van der Waals surface area contributed by atoms with Crippen molar-refractivity contribution in [1.82, 2.24) is 9.97 Å². The summed E-state index contributed by atoms with van der Waals surface area (Å²) in [5.41, 5.74) is 6.91. The topological polar surface area (TPSA) is 85.9 Å². The van der Waals surface area contributed by atoms with Crippen LogP contribution in [0, 0.1) is 5.41 Å². The van der Waals surface area contributed by atoms with Gasteiger partial charge in [-0.3, -0.25) is 9.59 Å². The van der Waals surface area contributed by atoms with Crippen molar-refractivity contribution in [2.24, 2.45) is 11.1 Å². The van der Waals surface area contributed by atoms with E-state index in [0.29, 0.717) is 24.1 Å². The van der Waals surface area contributed by atoms with Crippen molar-refractivity contribution >= 4 is 23.2 Å². The van der Waals surface area contributed by atoms with Gasteiger partial charge >= 0.3 is 0 Å². The molecule has 0 amide bonds. The highest BCUT2D eigenvalue weighted by atomic mass is 35.5. The van der Waals surface area contributed by atoms with Crippen molar-refractivity contribution in [3.63, 3.8) is 0 Å². The van der Waals surface area contributed by atoms with Gasteiger partial charge in [0.2, 0.25) is 11.1 Å². The summed E-state index contributed by atoms with van der Waals surface area (Å²) < 4.78 is 0. The number of ketones is 2. The second-order valence-corrected chi connectivity index (χ2v) is 6.34. The maximum Gasteiger partial charge on any atom is 0.222 e. The molecule has 0 unspecified atom stereocenters. The molecule has 1 aromatic heterocycles. The first-order valence-electron chi connectivity index (χ1n) is 7.60. The van der Waals surface area contributed by atoms with Gasteiger partial charge in [0.1, 0.15) is 11.5 Å². The molecule has 116 valence electrons. The Morgan fingerprint density at radius 3 is 2.73 bits per heavy atom. The van der Waals surface area contributed by atoms with Gasteiger partial charge in [-0.25, -0.2) is 9.97 Å². The Bertz CT molecular complexity index is 671. The normalized spacial score (nSPS) is 25.6. The fourth-order valence-corrected chi connectivity index (χ4v) is 3.76.